The van der Waals surface area contributed by atoms with Gasteiger partial charge in [0.05, 0.1) is 22.0 Å². The van der Waals surface area contributed by atoms with E-state index in [2.05, 4.69) is 4.98 Å². The van der Waals surface area contributed by atoms with Gasteiger partial charge in [-0.2, -0.15) is 18.4 Å². The Kier molecular flexibility index (Phi) is 5.26. The minimum atomic E-state index is -4.94. The van der Waals surface area contributed by atoms with Crippen LogP contribution in [0, 0.1) is 11.3 Å². The second-order valence-electron chi connectivity index (χ2n) is 4.31. The average molecular weight is 371 g/mol. The predicted octanol–water partition coefficient (Wildman–Crippen LogP) is 2.11. The van der Waals surface area contributed by atoms with Crippen LogP contribution in [0.25, 0.3) is 0 Å². The first kappa shape index (κ1) is 18.0. The monoisotopic (exact) mass is 371 g/mol. The van der Waals surface area contributed by atoms with Crippen molar-refractivity contribution in [3.05, 3.63) is 45.3 Å². The van der Waals surface area contributed by atoms with Crippen molar-refractivity contribution in [2.75, 3.05) is 5.75 Å². The number of carbonyl (C=O) groups excluding carboxylic acids is 2. The molecule has 0 saturated heterocycles. The van der Waals surface area contributed by atoms with Gasteiger partial charge >= 0.3 is 6.18 Å². The number of ketones is 1. The molecule has 0 spiro atoms. The molecule has 10 heteroatoms. The molecular weight excluding hydrogens is 365 g/mol. The maximum Gasteiger partial charge on any atom is 0.434 e. The highest BCUT2D eigenvalue weighted by Crippen LogP contribution is 2.35. The van der Waals surface area contributed by atoms with Gasteiger partial charge in [0.2, 0.25) is 5.78 Å². The number of alkyl halides is 3. The lowest BCUT2D eigenvalue weighted by Crippen LogP contribution is -2.24. The van der Waals surface area contributed by atoms with Crippen LogP contribution >= 0.6 is 23.1 Å². The van der Waals surface area contributed by atoms with Crippen molar-refractivity contribution in [3.63, 3.8) is 0 Å². The third-order valence-corrected chi connectivity index (χ3v) is 4.53. The highest BCUT2D eigenvalue weighted by Gasteiger charge is 2.38. The number of thioether (sulfide) groups is 1. The number of carboxylic acid groups (broad SMARTS) is 1. The van der Waals surface area contributed by atoms with E-state index in [1.54, 1.807) is 6.07 Å². The van der Waals surface area contributed by atoms with Gasteiger partial charge in [-0.3, -0.25) is 4.79 Å². The van der Waals surface area contributed by atoms with Crippen molar-refractivity contribution >= 4 is 34.9 Å². The smallest absolute Gasteiger partial charge is 0.434 e. The lowest BCUT2D eigenvalue weighted by molar-refractivity contribution is -0.301. The van der Waals surface area contributed by atoms with Crippen LogP contribution in [-0.2, 0) is 11.0 Å². The molecule has 0 saturated carbocycles. The van der Waals surface area contributed by atoms with Gasteiger partial charge in [-0.1, -0.05) is 17.8 Å². The lowest BCUT2D eigenvalue weighted by atomic mass is 10.1. The van der Waals surface area contributed by atoms with E-state index in [0.29, 0.717) is 11.8 Å². The number of aliphatic carboxylic acids is 1. The van der Waals surface area contributed by atoms with Gasteiger partial charge in [0, 0.05) is 5.75 Å². The van der Waals surface area contributed by atoms with E-state index >= 15 is 0 Å². The van der Waals surface area contributed by atoms with Crippen LogP contribution in [0.4, 0.5) is 13.2 Å². The molecule has 0 radical (unpaired) electrons. The number of nitriles is 1. The minimum Gasteiger partial charge on any atom is -0.549 e. The maximum atomic E-state index is 13.2. The Morgan fingerprint density at radius 1 is 1.42 bits per heavy atom. The first-order valence-corrected chi connectivity index (χ1v) is 8.03. The number of nitrogens with zero attached hydrogens (tertiary/aromatic N) is 2. The van der Waals surface area contributed by atoms with Gasteiger partial charge in [0.25, 0.3) is 0 Å². The van der Waals surface area contributed by atoms with E-state index in [9.17, 15) is 27.9 Å². The summed E-state index contributed by atoms with van der Waals surface area (Å²) < 4.78 is 39.7. The Hall–Kier alpha value is -2.38. The summed E-state index contributed by atoms with van der Waals surface area (Å²) in [4.78, 5) is 26.1. The highest BCUT2D eigenvalue weighted by molar-refractivity contribution is 7.99. The summed E-state index contributed by atoms with van der Waals surface area (Å²) in [5.41, 5.74) is -2.52. The molecule has 2 heterocycles. The molecule has 5 nitrogen and oxygen atoms in total. The zero-order valence-electron chi connectivity index (χ0n) is 11.6. The van der Waals surface area contributed by atoms with Crippen LogP contribution in [0.15, 0.2) is 28.6 Å². The number of hydrogen-bond acceptors (Lipinski definition) is 7. The first-order chi connectivity index (χ1) is 11.2. The Morgan fingerprint density at radius 3 is 2.62 bits per heavy atom. The van der Waals surface area contributed by atoms with Crippen molar-refractivity contribution in [2.24, 2.45) is 0 Å². The molecule has 0 unspecified atom stereocenters. The number of hydrogen-bond donors (Lipinski definition) is 0. The quantitative estimate of drug-likeness (QED) is 0.590. The summed E-state index contributed by atoms with van der Waals surface area (Å²) in [7, 11) is 0. The highest BCUT2D eigenvalue weighted by atomic mass is 32.2. The largest absolute Gasteiger partial charge is 0.549 e. The number of aromatic nitrogens is 1. The van der Waals surface area contributed by atoms with E-state index in [-0.39, 0.29) is 10.4 Å². The van der Waals surface area contributed by atoms with Crippen LogP contribution in [0.5, 0.6) is 0 Å². The van der Waals surface area contributed by atoms with Crippen LogP contribution in [0.1, 0.15) is 26.5 Å². The van der Waals surface area contributed by atoms with E-state index < -0.39 is 40.0 Å². The predicted molar refractivity (Wildman–Crippen MR) is 77.4 cm³/mol. The summed E-state index contributed by atoms with van der Waals surface area (Å²) in [5, 5.41) is 20.6. The molecule has 124 valence electrons. The average Bonchev–Trinajstić information content (AvgIpc) is 3.04. The van der Waals surface area contributed by atoms with Gasteiger partial charge in [0.15, 0.2) is 5.69 Å². The van der Waals surface area contributed by atoms with Crippen molar-refractivity contribution in [2.45, 2.75) is 11.2 Å². The Morgan fingerprint density at radius 2 is 2.12 bits per heavy atom. The fourth-order valence-corrected chi connectivity index (χ4v) is 3.09. The fourth-order valence-electron chi connectivity index (χ4n) is 1.74. The number of halogens is 3. The van der Waals surface area contributed by atoms with Crippen LogP contribution in [-0.4, -0.2) is 22.5 Å². The SMILES string of the molecule is N#Cc1cc(C(=O)c2cccs2)c(C(F)(F)F)nc1SCC(=O)[O-]. The summed E-state index contributed by atoms with van der Waals surface area (Å²) in [5.74, 6) is -3.09. The van der Waals surface area contributed by atoms with E-state index in [1.165, 1.54) is 17.5 Å². The molecule has 0 aromatic carbocycles. The van der Waals surface area contributed by atoms with Gasteiger partial charge in [-0.15, -0.1) is 11.3 Å². The van der Waals surface area contributed by atoms with Gasteiger partial charge in [-0.25, -0.2) is 4.98 Å². The number of pyridine rings is 1. The van der Waals surface area contributed by atoms with Gasteiger partial charge in [0.1, 0.15) is 11.1 Å². The van der Waals surface area contributed by atoms with Crippen LogP contribution in [0.3, 0.4) is 0 Å². The van der Waals surface area contributed by atoms with Crippen molar-refractivity contribution in [1.29, 1.82) is 5.26 Å². The topological polar surface area (TPSA) is 93.9 Å². The molecular formula is C14H6F3N2O3S2-. The molecule has 0 bridgehead atoms. The number of carbonyl (C=O) groups is 2. The molecule has 2 aromatic rings. The molecule has 0 aliphatic rings. The normalized spacial score (nSPS) is 11.1. The van der Waals surface area contributed by atoms with Gasteiger partial charge < -0.3 is 9.90 Å². The van der Waals surface area contributed by atoms with Crippen molar-refractivity contribution < 1.29 is 27.9 Å². The Labute approximate surface area is 141 Å². The zero-order valence-corrected chi connectivity index (χ0v) is 13.2. The number of thiophene rings is 1. The Bertz CT molecular complexity index is 827. The Balaban J connectivity index is 2.59. The molecule has 2 rings (SSSR count). The second kappa shape index (κ2) is 7.02. The zero-order chi connectivity index (χ0) is 17.9. The summed E-state index contributed by atoms with van der Waals surface area (Å²) >= 11 is 1.38. The van der Waals surface area contributed by atoms with Crippen LogP contribution in [0.2, 0.25) is 0 Å². The molecule has 2 aromatic heterocycles. The van der Waals surface area contributed by atoms with Crippen molar-refractivity contribution in [3.8, 4) is 6.07 Å². The summed E-state index contributed by atoms with van der Waals surface area (Å²) in [6.45, 7) is 0. The summed E-state index contributed by atoms with van der Waals surface area (Å²) in [6.07, 6.45) is -4.94. The standard InChI is InChI=1S/C14H7F3N2O3S2/c15-14(16,17)12-8(11(22)9-2-1-3-23-9)4-7(5-18)13(19-12)24-6-10(20)21/h1-4H,6H2,(H,20,21)/p-1. The molecule has 0 N–H and O–H groups in total. The number of carboxylic acids is 1. The third kappa shape index (κ3) is 3.93. The first-order valence-electron chi connectivity index (χ1n) is 6.17. The molecule has 24 heavy (non-hydrogen) atoms. The van der Waals surface area contributed by atoms with Crippen molar-refractivity contribution in [1.82, 2.24) is 4.98 Å². The fraction of sp³-hybridized carbons (Fsp3) is 0.143. The third-order valence-electron chi connectivity index (χ3n) is 2.69. The summed E-state index contributed by atoms with van der Waals surface area (Å²) in [6, 6.07) is 5.28. The molecule has 0 atom stereocenters. The molecule has 0 amide bonds. The molecule has 0 fully saturated rings. The van der Waals surface area contributed by atoms with Crippen LogP contribution < -0.4 is 5.11 Å². The van der Waals surface area contributed by atoms with E-state index in [1.807, 2.05) is 0 Å². The number of rotatable bonds is 5. The lowest BCUT2D eigenvalue weighted by Gasteiger charge is -2.13. The maximum absolute atomic E-state index is 13.2. The molecule has 0 aliphatic carbocycles. The molecule has 0 aliphatic heterocycles. The van der Waals surface area contributed by atoms with E-state index in [0.717, 1.165) is 17.4 Å². The van der Waals surface area contributed by atoms with Gasteiger partial charge in [-0.05, 0) is 17.5 Å². The second-order valence-corrected chi connectivity index (χ2v) is 6.23. The van der Waals surface area contributed by atoms with E-state index in [4.69, 9.17) is 5.26 Å². The minimum absolute atomic E-state index is 0.0707.